The monoisotopic (exact) mass is 139 g/mol. The molecule has 0 heterocycles. The molecule has 3 unspecified atom stereocenters. The van der Waals surface area contributed by atoms with Crippen molar-refractivity contribution >= 4 is 0 Å². The van der Waals surface area contributed by atoms with Gasteiger partial charge in [-0.1, -0.05) is 6.92 Å². The molecule has 0 aromatic heterocycles. The first-order valence-corrected chi connectivity index (χ1v) is 4.47. The molecule has 2 saturated carbocycles. The number of rotatable bonds is 1. The molecule has 2 rings (SSSR count). The highest BCUT2D eigenvalue weighted by Crippen LogP contribution is 2.56. The van der Waals surface area contributed by atoms with Gasteiger partial charge >= 0.3 is 0 Å². The fourth-order valence-corrected chi connectivity index (χ4v) is 3.06. The zero-order valence-corrected chi connectivity index (χ0v) is 6.77. The van der Waals surface area contributed by atoms with Crippen LogP contribution < -0.4 is 5.73 Å². The molecule has 2 bridgehead atoms. The molecule has 0 aromatic carbocycles. The summed E-state index contributed by atoms with van der Waals surface area (Å²) in [6.07, 6.45) is 5.76. The molecule has 2 aliphatic rings. The first-order chi connectivity index (χ1) is 4.77. The standard InChI is InChI=1S/C9H17N/c1-7-4-8-2-3-9(7,5-8)6-10/h7-8H,2-6,10H2,1H3. The minimum Gasteiger partial charge on any atom is -0.330 e. The van der Waals surface area contributed by atoms with E-state index in [1.165, 1.54) is 25.7 Å². The molecule has 58 valence electrons. The second kappa shape index (κ2) is 1.97. The molecule has 1 heteroatoms. The van der Waals surface area contributed by atoms with E-state index in [2.05, 4.69) is 6.92 Å². The van der Waals surface area contributed by atoms with Crippen molar-refractivity contribution < 1.29 is 0 Å². The van der Waals surface area contributed by atoms with Crippen LogP contribution in [0.1, 0.15) is 32.6 Å². The van der Waals surface area contributed by atoms with Gasteiger partial charge in [-0.15, -0.1) is 0 Å². The van der Waals surface area contributed by atoms with Crippen molar-refractivity contribution in [2.24, 2.45) is 23.0 Å². The summed E-state index contributed by atoms with van der Waals surface area (Å²) in [5.41, 5.74) is 6.38. The number of hydrogen-bond acceptors (Lipinski definition) is 1. The highest BCUT2D eigenvalue weighted by Gasteiger charge is 2.48. The van der Waals surface area contributed by atoms with Gasteiger partial charge < -0.3 is 5.73 Å². The minimum atomic E-state index is 0.588. The number of nitrogens with two attached hydrogens (primary N) is 1. The molecule has 1 nitrogen and oxygen atoms in total. The molecule has 0 radical (unpaired) electrons. The third-order valence-electron chi connectivity index (χ3n) is 3.88. The second-order valence-corrected chi connectivity index (χ2v) is 4.31. The molecule has 2 aliphatic carbocycles. The van der Waals surface area contributed by atoms with Gasteiger partial charge in [-0.25, -0.2) is 0 Å². The maximum atomic E-state index is 5.80. The van der Waals surface area contributed by atoms with E-state index >= 15 is 0 Å². The first-order valence-electron chi connectivity index (χ1n) is 4.47. The normalized spacial score (nSPS) is 52.2. The molecule has 3 atom stereocenters. The van der Waals surface area contributed by atoms with E-state index in [1.807, 2.05) is 0 Å². The summed E-state index contributed by atoms with van der Waals surface area (Å²) >= 11 is 0. The highest BCUT2D eigenvalue weighted by molar-refractivity contribution is 5.00. The average molecular weight is 139 g/mol. The first kappa shape index (κ1) is 6.66. The van der Waals surface area contributed by atoms with Crippen LogP contribution in [0.5, 0.6) is 0 Å². The Morgan fingerprint density at radius 2 is 2.40 bits per heavy atom. The molecule has 2 fully saturated rings. The maximum absolute atomic E-state index is 5.80. The number of fused-ring (bicyclic) bond motifs is 2. The van der Waals surface area contributed by atoms with Crippen LogP contribution in [0, 0.1) is 17.3 Å². The van der Waals surface area contributed by atoms with E-state index in [-0.39, 0.29) is 0 Å². The van der Waals surface area contributed by atoms with Crippen LogP contribution in [-0.2, 0) is 0 Å². The molecule has 0 aromatic rings. The zero-order chi connectivity index (χ0) is 7.19. The Morgan fingerprint density at radius 1 is 1.60 bits per heavy atom. The topological polar surface area (TPSA) is 26.0 Å². The van der Waals surface area contributed by atoms with Gasteiger partial charge in [0.05, 0.1) is 0 Å². The average Bonchev–Trinajstić information content (AvgIpc) is 2.44. The Kier molecular flexibility index (Phi) is 1.31. The van der Waals surface area contributed by atoms with Gasteiger partial charge in [-0.2, -0.15) is 0 Å². The van der Waals surface area contributed by atoms with Crippen molar-refractivity contribution in [2.75, 3.05) is 6.54 Å². The summed E-state index contributed by atoms with van der Waals surface area (Å²) in [6, 6.07) is 0. The summed E-state index contributed by atoms with van der Waals surface area (Å²) in [7, 11) is 0. The molecule has 0 spiro atoms. The molecule has 0 aliphatic heterocycles. The lowest BCUT2D eigenvalue weighted by Crippen LogP contribution is -2.31. The Labute approximate surface area is 63.0 Å². The van der Waals surface area contributed by atoms with Gasteiger partial charge in [-0.05, 0) is 49.5 Å². The van der Waals surface area contributed by atoms with Crippen molar-refractivity contribution in [3.63, 3.8) is 0 Å². The fourth-order valence-electron chi connectivity index (χ4n) is 3.06. The van der Waals surface area contributed by atoms with Gasteiger partial charge in [0, 0.05) is 0 Å². The maximum Gasteiger partial charge on any atom is -0.00179 e. The molecular formula is C9H17N. The van der Waals surface area contributed by atoms with Gasteiger partial charge in [0.1, 0.15) is 0 Å². The largest absolute Gasteiger partial charge is 0.330 e. The summed E-state index contributed by atoms with van der Waals surface area (Å²) in [5.74, 6) is 1.95. The van der Waals surface area contributed by atoms with E-state index in [9.17, 15) is 0 Å². The molecule has 0 saturated heterocycles. The van der Waals surface area contributed by atoms with Crippen molar-refractivity contribution in [3.05, 3.63) is 0 Å². The van der Waals surface area contributed by atoms with E-state index in [4.69, 9.17) is 5.73 Å². The Balaban J connectivity index is 2.19. The van der Waals surface area contributed by atoms with E-state index in [0.29, 0.717) is 5.41 Å². The highest BCUT2D eigenvalue weighted by atomic mass is 14.7. The molecular weight excluding hydrogens is 122 g/mol. The SMILES string of the molecule is CC1CC2CCC1(CN)C2. The summed E-state index contributed by atoms with van der Waals surface area (Å²) in [5, 5.41) is 0. The minimum absolute atomic E-state index is 0.588. The van der Waals surface area contributed by atoms with Crippen molar-refractivity contribution in [1.82, 2.24) is 0 Å². The third kappa shape index (κ3) is 0.672. The lowest BCUT2D eigenvalue weighted by Gasteiger charge is -2.31. The van der Waals surface area contributed by atoms with E-state index in [0.717, 1.165) is 18.4 Å². The van der Waals surface area contributed by atoms with Crippen LogP contribution in [-0.4, -0.2) is 6.54 Å². The Bertz CT molecular complexity index is 144. The van der Waals surface area contributed by atoms with Crippen LogP contribution in [0.25, 0.3) is 0 Å². The summed E-state index contributed by atoms with van der Waals surface area (Å²) in [6.45, 7) is 3.32. The van der Waals surface area contributed by atoms with Crippen molar-refractivity contribution in [2.45, 2.75) is 32.6 Å². The predicted molar refractivity (Wildman–Crippen MR) is 42.6 cm³/mol. The zero-order valence-electron chi connectivity index (χ0n) is 6.77. The van der Waals surface area contributed by atoms with Crippen LogP contribution in [0.2, 0.25) is 0 Å². The smallest absolute Gasteiger partial charge is 0.00179 e. The van der Waals surface area contributed by atoms with Crippen LogP contribution in [0.3, 0.4) is 0 Å². The Hall–Kier alpha value is -0.0400. The van der Waals surface area contributed by atoms with Crippen LogP contribution in [0.4, 0.5) is 0 Å². The summed E-state index contributed by atoms with van der Waals surface area (Å²) < 4.78 is 0. The van der Waals surface area contributed by atoms with Gasteiger partial charge in [0.25, 0.3) is 0 Å². The van der Waals surface area contributed by atoms with E-state index in [1.54, 1.807) is 0 Å². The molecule has 2 N–H and O–H groups in total. The second-order valence-electron chi connectivity index (χ2n) is 4.31. The lowest BCUT2D eigenvalue weighted by molar-refractivity contribution is 0.211. The fraction of sp³-hybridized carbons (Fsp3) is 1.00. The summed E-state index contributed by atoms with van der Waals surface area (Å²) in [4.78, 5) is 0. The van der Waals surface area contributed by atoms with Crippen molar-refractivity contribution in [1.29, 1.82) is 0 Å². The van der Waals surface area contributed by atoms with Crippen molar-refractivity contribution in [3.8, 4) is 0 Å². The van der Waals surface area contributed by atoms with Gasteiger partial charge in [0.2, 0.25) is 0 Å². The van der Waals surface area contributed by atoms with Crippen LogP contribution >= 0.6 is 0 Å². The molecule has 10 heavy (non-hydrogen) atoms. The lowest BCUT2D eigenvalue weighted by atomic mass is 9.76. The quantitative estimate of drug-likeness (QED) is 0.588. The van der Waals surface area contributed by atoms with Gasteiger partial charge in [0.15, 0.2) is 0 Å². The Morgan fingerprint density at radius 3 is 2.70 bits per heavy atom. The molecule has 0 amide bonds. The third-order valence-corrected chi connectivity index (χ3v) is 3.88. The predicted octanol–water partition coefficient (Wildman–Crippen LogP) is 1.77. The van der Waals surface area contributed by atoms with E-state index < -0.39 is 0 Å². The van der Waals surface area contributed by atoms with Gasteiger partial charge in [-0.3, -0.25) is 0 Å². The number of hydrogen-bond donors (Lipinski definition) is 1. The van der Waals surface area contributed by atoms with Crippen LogP contribution in [0.15, 0.2) is 0 Å².